The van der Waals surface area contributed by atoms with E-state index >= 15 is 0 Å². The number of amides is 1. The molecule has 0 aliphatic rings. The molecule has 0 radical (unpaired) electrons. The number of aliphatic hydroxyl groups is 1. The van der Waals surface area contributed by atoms with Gasteiger partial charge in [0, 0.05) is 13.7 Å². The first kappa shape index (κ1) is 16.1. The monoisotopic (exact) mass is 270 g/mol. The lowest BCUT2D eigenvalue weighted by molar-refractivity contribution is 0.0678. The molecule has 0 saturated heterocycles. The molecule has 0 aromatic rings. The first-order valence-electron chi connectivity index (χ1n) is 4.92. The minimum absolute atomic E-state index is 0.0149. The first-order chi connectivity index (χ1) is 7.76. The normalized spacial score (nSPS) is 13.5. The van der Waals surface area contributed by atoms with Crippen LogP contribution in [0.15, 0.2) is 0 Å². The molecule has 9 heteroatoms. The van der Waals surface area contributed by atoms with E-state index in [0.717, 1.165) is 0 Å². The fourth-order valence-electron chi connectivity index (χ4n) is 0.841. The van der Waals surface area contributed by atoms with Crippen LogP contribution in [0, 0.1) is 0 Å². The van der Waals surface area contributed by atoms with E-state index in [-0.39, 0.29) is 13.2 Å². The van der Waals surface area contributed by atoms with Crippen LogP contribution in [-0.2, 0) is 19.7 Å². The maximum Gasteiger partial charge on any atom is 0.422 e. The molecule has 0 aliphatic carbocycles. The fraction of sp³-hybridized carbons (Fsp3) is 0.875. The van der Waals surface area contributed by atoms with Crippen LogP contribution in [0.4, 0.5) is 4.79 Å². The number of carbonyl (C=O) groups excluding carboxylic acids is 1. The predicted molar refractivity (Wildman–Crippen MR) is 59.6 cm³/mol. The number of hydrogen-bond donors (Lipinski definition) is 3. The second-order valence-electron chi connectivity index (χ2n) is 3.52. The Morgan fingerprint density at radius 2 is 2.00 bits per heavy atom. The molecular formula is C8H18N2O6S. The van der Waals surface area contributed by atoms with Gasteiger partial charge in [0.25, 0.3) is 0 Å². The van der Waals surface area contributed by atoms with E-state index < -0.39 is 28.5 Å². The van der Waals surface area contributed by atoms with E-state index in [4.69, 9.17) is 0 Å². The van der Waals surface area contributed by atoms with Crippen LogP contribution in [0.1, 0.15) is 13.8 Å². The van der Waals surface area contributed by atoms with Gasteiger partial charge in [-0.05, 0) is 13.8 Å². The van der Waals surface area contributed by atoms with Crippen LogP contribution in [-0.4, -0.2) is 52.1 Å². The van der Waals surface area contributed by atoms with Gasteiger partial charge in [-0.2, -0.15) is 13.1 Å². The standard InChI is InChI=1S/C8H18N2O6S/c1-6(2)16-8(12)10-17(13,14)9-4-7(11)5-15-3/h6-7,9,11H,4-5H2,1-3H3,(H,10,12). The molecule has 1 unspecified atom stereocenters. The second kappa shape index (κ2) is 7.43. The zero-order valence-electron chi connectivity index (χ0n) is 9.97. The molecule has 0 aromatic heterocycles. The molecule has 0 fully saturated rings. The first-order valence-corrected chi connectivity index (χ1v) is 6.40. The summed E-state index contributed by atoms with van der Waals surface area (Å²) in [6.45, 7) is 2.89. The Kier molecular flexibility index (Phi) is 7.04. The Labute approximate surface area is 100 Å². The summed E-state index contributed by atoms with van der Waals surface area (Å²) < 4.78 is 35.3. The molecule has 0 aromatic carbocycles. The third-order valence-electron chi connectivity index (χ3n) is 1.43. The van der Waals surface area contributed by atoms with E-state index in [1.807, 2.05) is 4.72 Å². The Bertz CT molecular complexity index is 329. The van der Waals surface area contributed by atoms with E-state index in [1.54, 1.807) is 18.6 Å². The van der Waals surface area contributed by atoms with Crippen molar-refractivity contribution in [3.8, 4) is 0 Å². The van der Waals surface area contributed by atoms with Gasteiger partial charge in [0.05, 0.1) is 18.8 Å². The van der Waals surface area contributed by atoms with Crippen LogP contribution >= 0.6 is 0 Å². The lowest BCUT2D eigenvalue weighted by atomic mass is 10.4. The highest BCUT2D eigenvalue weighted by Gasteiger charge is 2.17. The molecule has 0 saturated carbocycles. The minimum Gasteiger partial charge on any atom is -0.446 e. The third kappa shape index (κ3) is 8.86. The summed E-state index contributed by atoms with van der Waals surface area (Å²) in [6.07, 6.45) is -2.49. The smallest absolute Gasteiger partial charge is 0.422 e. The summed E-state index contributed by atoms with van der Waals surface area (Å²) in [6, 6.07) is 0. The SMILES string of the molecule is COCC(O)CNS(=O)(=O)NC(=O)OC(C)C. The van der Waals surface area contributed by atoms with Gasteiger partial charge in [-0.1, -0.05) is 0 Å². The number of nitrogens with one attached hydrogen (secondary N) is 2. The molecule has 1 amide bonds. The van der Waals surface area contributed by atoms with Crippen molar-refractivity contribution in [3.05, 3.63) is 0 Å². The molecular weight excluding hydrogens is 252 g/mol. The zero-order chi connectivity index (χ0) is 13.5. The highest BCUT2D eigenvalue weighted by Crippen LogP contribution is 1.90. The fourth-order valence-corrected chi connectivity index (χ4v) is 1.59. The van der Waals surface area contributed by atoms with Crippen molar-refractivity contribution in [3.63, 3.8) is 0 Å². The Hall–Kier alpha value is -0.900. The van der Waals surface area contributed by atoms with Crippen molar-refractivity contribution in [2.45, 2.75) is 26.1 Å². The molecule has 1 atom stereocenters. The van der Waals surface area contributed by atoms with Crippen LogP contribution in [0.5, 0.6) is 0 Å². The van der Waals surface area contributed by atoms with Crippen molar-refractivity contribution >= 4 is 16.3 Å². The van der Waals surface area contributed by atoms with Crippen LogP contribution in [0.25, 0.3) is 0 Å². The molecule has 8 nitrogen and oxygen atoms in total. The Morgan fingerprint density at radius 1 is 1.41 bits per heavy atom. The highest BCUT2D eigenvalue weighted by atomic mass is 32.2. The van der Waals surface area contributed by atoms with Gasteiger partial charge in [0.15, 0.2) is 0 Å². The van der Waals surface area contributed by atoms with E-state index in [9.17, 15) is 18.3 Å². The molecule has 0 rings (SSSR count). The van der Waals surface area contributed by atoms with Crippen LogP contribution < -0.4 is 9.44 Å². The number of rotatable bonds is 7. The second-order valence-corrected chi connectivity index (χ2v) is 5.02. The van der Waals surface area contributed by atoms with Gasteiger partial charge >= 0.3 is 16.3 Å². The van der Waals surface area contributed by atoms with E-state index in [1.165, 1.54) is 7.11 Å². The van der Waals surface area contributed by atoms with Crippen molar-refractivity contribution in [2.75, 3.05) is 20.3 Å². The average Bonchev–Trinajstić information content (AvgIpc) is 2.13. The number of methoxy groups -OCH3 is 1. The van der Waals surface area contributed by atoms with Gasteiger partial charge < -0.3 is 14.6 Å². The third-order valence-corrected chi connectivity index (χ3v) is 2.41. The predicted octanol–water partition coefficient (Wildman–Crippen LogP) is -1.04. The molecule has 0 heterocycles. The largest absolute Gasteiger partial charge is 0.446 e. The number of carbonyl (C=O) groups is 1. The van der Waals surface area contributed by atoms with Gasteiger partial charge in [0.2, 0.25) is 0 Å². The number of aliphatic hydroxyl groups excluding tert-OH is 1. The summed E-state index contributed by atoms with van der Waals surface area (Å²) in [4.78, 5) is 11.0. The zero-order valence-corrected chi connectivity index (χ0v) is 10.8. The maximum atomic E-state index is 11.3. The average molecular weight is 270 g/mol. The summed E-state index contributed by atoms with van der Waals surface area (Å²) in [5.41, 5.74) is 0. The number of hydrogen-bond acceptors (Lipinski definition) is 6. The molecule has 17 heavy (non-hydrogen) atoms. The van der Waals surface area contributed by atoms with Gasteiger partial charge in [-0.15, -0.1) is 0 Å². The lowest BCUT2D eigenvalue weighted by Gasteiger charge is -2.13. The van der Waals surface area contributed by atoms with Crippen molar-refractivity contribution in [1.82, 2.24) is 9.44 Å². The van der Waals surface area contributed by atoms with Gasteiger partial charge in [-0.3, -0.25) is 0 Å². The van der Waals surface area contributed by atoms with Crippen LogP contribution in [0.3, 0.4) is 0 Å². The lowest BCUT2D eigenvalue weighted by Crippen LogP contribution is -2.44. The van der Waals surface area contributed by atoms with Crippen LogP contribution in [0.2, 0.25) is 0 Å². The quantitative estimate of drug-likeness (QED) is 0.544. The Morgan fingerprint density at radius 3 is 2.47 bits per heavy atom. The molecule has 102 valence electrons. The summed E-state index contributed by atoms with van der Waals surface area (Å²) in [7, 11) is -2.66. The Balaban J connectivity index is 4.08. The molecule has 3 N–H and O–H groups in total. The van der Waals surface area contributed by atoms with Gasteiger partial charge in [-0.25, -0.2) is 9.52 Å². The molecule has 0 spiro atoms. The van der Waals surface area contributed by atoms with E-state index in [0.29, 0.717) is 0 Å². The van der Waals surface area contributed by atoms with Gasteiger partial charge in [0.1, 0.15) is 0 Å². The topological polar surface area (TPSA) is 114 Å². The number of ether oxygens (including phenoxy) is 2. The molecule has 0 bridgehead atoms. The maximum absolute atomic E-state index is 11.3. The summed E-state index contributed by atoms with van der Waals surface area (Å²) >= 11 is 0. The van der Waals surface area contributed by atoms with Crippen molar-refractivity contribution < 1.29 is 27.8 Å². The minimum atomic E-state index is -4.03. The van der Waals surface area contributed by atoms with Crippen molar-refractivity contribution in [2.24, 2.45) is 0 Å². The van der Waals surface area contributed by atoms with Crippen molar-refractivity contribution in [1.29, 1.82) is 0 Å². The highest BCUT2D eigenvalue weighted by molar-refractivity contribution is 7.88. The summed E-state index contributed by atoms with van der Waals surface area (Å²) in [5, 5.41) is 9.20. The molecule has 0 aliphatic heterocycles. The summed E-state index contributed by atoms with van der Waals surface area (Å²) in [5.74, 6) is 0. The van der Waals surface area contributed by atoms with E-state index in [2.05, 4.69) is 9.47 Å².